The average Bonchev–Trinajstić information content (AvgIpc) is 2.95. The number of hydrogen-bond acceptors (Lipinski definition) is 4. The zero-order valence-corrected chi connectivity index (χ0v) is 10.9. The van der Waals surface area contributed by atoms with Crippen LogP contribution < -0.4 is 0 Å². The van der Waals surface area contributed by atoms with E-state index in [0.717, 1.165) is 18.4 Å². The van der Waals surface area contributed by atoms with Crippen LogP contribution in [-0.2, 0) is 15.4 Å². The van der Waals surface area contributed by atoms with Gasteiger partial charge in [-0.05, 0) is 36.8 Å². The molecule has 1 saturated carbocycles. The Labute approximate surface area is 99.8 Å². The number of hydrogen-bond donors (Lipinski definition) is 1. The van der Waals surface area contributed by atoms with Crippen LogP contribution in [0.5, 0.6) is 0 Å². The molecule has 1 fully saturated rings. The van der Waals surface area contributed by atoms with Crippen molar-refractivity contribution >= 4 is 21.6 Å². The van der Waals surface area contributed by atoms with E-state index in [1.807, 2.05) is 6.26 Å². The zero-order valence-electron chi connectivity index (χ0n) is 9.23. The number of sulfone groups is 1. The molecule has 0 saturated heterocycles. The summed E-state index contributed by atoms with van der Waals surface area (Å²) in [5.74, 6) is 0. The molecule has 5 heteroatoms. The minimum atomic E-state index is -3.19. The fourth-order valence-electron chi connectivity index (χ4n) is 1.67. The Morgan fingerprint density at radius 2 is 2.00 bits per heavy atom. The second kappa shape index (κ2) is 3.75. The average molecular weight is 258 g/mol. The first-order chi connectivity index (χ1) is 7.37. The van der Waals surface area contributed by atoms with E-state index in [0.29, 0.717) is 9.79 Å². The predicted molar refractivity (Wildman–Crippen MR) is 64.5 cm³/mol. The van der Waals surface area contributed by atoms with Crippen molar-refractivity contribution in [3.8, 4) is 0 Å². The van der Waals surface area contributed by atoms with Crippen molar-refractivity contribution in [3.63, 3.8) is 0 Å². The van der Waals surface area contributed by atoms with Gasteiger partial charge >= 0.3 is 0 Å². The van der Waals surface area contributed by atoms with Crippen LogP contribution in [0.2, 0.25) is 0 Å². The number of thioether (sulfide) groups is 1. The summed E-state index contributed by atoms with van der Waals surface area (Å²) in [4.78, 5) is 1.05. The Kier molecular flexibility index (Phi) is 2.80. The smallest absolute Gasteiger partial charge is 0.176 e. The molecular weight excluding hydrogens is 244 g/mol. The molecule has 0 amide bonds. The summed E-state index contributed by atoms with van der Waals surface area (Å²) in [5, 5.41) is 9.96. The van der Waals surface area contributed by atoms with Crippen LogP contribution in [0.4, 0.5) is 0 Å². The molecule has 0 bridgehead atoms. The third kappa shape index (κ3) is 2.12. The Hall–Kier alpha value is -0.520. The van der Waals surface area contributed by atoms with Gasteiger partial charge in [-0.15, -0.1) is 11.8 Å². The third-order valence-corrected chi connectivity index (χ3v) is 4.89. The third-order valence-electron chi connectivity index (χ3n) is 2.82. The molecule has 0 spiro atoms. The fourth-order valence-corrected chi connectivity index (χ4v) is 3.63. The second-order valence-electron chi connectivity index (χ2n) is 4.17. The highest BCUT2D eigenvalue weighted by molar-refractivity contribution is 7.99. The van der Waals surface area contributed by atoms with E-state index >= 15 is 0 Å². The van der Waals surface area contributed by atoms with Gasteiger partial charge in [-0.3, -0.25) is 0 Å². The van der Waals surface area contributed by atoms with Gasteiger partial charge in [0.2, 0.25) is 0 Å². The summed E-state index contributed by atoms with van der Waals surface area (Å²) >= 11 is 1.39. The highest BCUT2D eigenvalue weighted by Crippen LogP contribution is 2.46. The Balaban J connectivity index is 2.51. The molecule has 1 aliphatic carbocycles. The molecule has 1 aliphatic rings. The molecule has 0 radical (unpaired) electrons. The molecule has 16 heavy (non-hydrogen) atoms. The van der Waals surface area contributed by atoms with Gasteiger partial charge in [0.05, 0.1) is 10.5 Å². The van der Waals surface area contributed by atoms with Gasteiger partial charge in [-0.1, -0.05) is 6.07 Å². The maximum atomic E-state index is 11.5. The summed E-state index contributed by atoms with van der Waals surface area (Å²) in [6, 6.07) is 5.09. The molecule has 0 heterocycles. The van der Waals surface area contributed by atoms with E-state index in [1.54, 1.807) is 18.2 Å². The molecule has 0 aliphatic heterocycles. The lowest BCUT2D eigenvalue weighted by molar-refractivity contribution is 0.151. The normalized spacial score (nSPS) is 18.4. The first kappa shape index (κ1) is 12.0. The van der Waals surface area contributed by atoms with Crippen molar-refractivity contribution in [1.82, 2.24) is 0 Å². The zero-order chi connectivity index (χ0) is 12.0. The Morgan fingerprint density at radius 1 is 1.38 bits per heavy atom. The van der Waals surface area contributed by atoms with Crippen molar-refractivity contribution < 1.29 is 13.5 Å². The molecular formula is C11H14O3S2. The van der Waals surface area contributed by atoms with E-state index in [4.69, 9.17) is 0 Å². The standard InChI is InChI=1S/C11H14O3S2/c1-15-9-7-8(11(12)5-6-11)3-4-10(9)16(2,13)14/h3-4,7,12H,5-6H2,1-2H3. The molecule has 0 aromatic heterocycles. The first-order valence-corrected chi connectivity index (χ1v) is 8.09. The van der Waals surface area contributed by atoms with Gasteiger partial charge in [0, 0.05) is 11.2 Å². The number of aliphatic hydroxyl groups is 1. The van der Waals surface area contributed by atoms with E-state index < -0.39 is 15.4 Å². The fraction of sp³-hybridized carbons (Fsp3) is 0.455. The molecule has 0 atom stereocenters. The van der Waals surface area contributed by atoms with Crippen LogP contribution in [0, 0.1) is 0 Å². The summed E-state index contributed by atoms with van der Waals surface area (Å²) in [7, 11) is -3.19. The van der Waals surface area contributed by atoms with Crippen LogP contribution in [-0.4, -0.2) is 26.0 Å². The van der Waals surface area contributed by atoms with Gasteiger partial charge in [-0.25, -0.2) is 8.42 Å². The Morgan fingerprint density at radius 3 is 2.44 bits per heavy atom. The van der Waals surface area contributed by atoms with Gasteiger partial charge in [-0.2, -0.15) is 0 Å². The monoisotopic (exact) mass is 258 g/mol. The van der Waals surface area contributed by atoms with Crippen LogP contribution in [0.15, 0.2) is 28.0 Å². The summed E-state index contributed by atoms with van der Waals surface area (Å²) in [5.41, 5.74) is 0.116. The van der Waals surface area contributed by atoms with Crippen molar-refractivity contribution in [1.29, 1.82) is 0 Å². The lowest BCUT2D eigenvalue weighted by atomic mass is 10.1. The first-order valence-electron chi connectivity index (χ1n) is 4.98. The largest absolute Gasteiger partial charge is 0.385 e. The van der Waals surface area contributed by atoms with E-state index in [-0.39, 0.29) is 0 Å². The van der Waals surface area contributed by atoms with Crippen molar-refractivity contribution in [2.75, 3.05) is 12.5 Å². The van der Waals surface area contributed by atoms with Crippen LogP contribution in [0.25, 0.3) is 0 Å². The maximum absolute atomic E-state index is 11.5. The molecule has 3 nitrogen and oxygen atoms in total. The van der Waals surface area contributed by atoms with E-state index in [1.165, 1.54) is 18.0 Å². The minimum absolute atomic E-state index is 0.341. The molecule has 1 aromatic carbocycles. The highest BCUT2D eigenvalue weighted by Gasteiger charge is 2.42. The quantitative estimate of drug-likeness (QED) is 0.840. The SMILES string of the molecule is CSc1cc(C2(O)CC2)ccc1S(C)(=O)=O. The number of rotatable bonds is 3. The maximum Gasteiger partial charge on any atom is 0.176 e. The summed E-state index contributed by atoms with van der Waals surface area (Å²) < 4.78 is 23.0. The highest BCUT2D eigenvalue weighted by atomic mass is 32.2. The van der Waals surface area contributed by atoms with Gasteiger partial charge in [0.15, 0.2) is 9.84 Å². The van der Waals surface area contributed by atoms with Gasteiger partial charge in [0.25, 0.3) is 0 Å². The Bertz CT molecular complexity index is 516. The lowest BCUT2D eigenvalue weighted by Gasteiger charge is -2.12. The summed E-state index contributed by atoms with van der Waals surface area (Å²) in [6.45, 7) is 0. The number of benzene rings is 1. The molecule has 1 aromatic rings. The van der Waals surface area contributed by atoms with Crippen molar-refractivity contribution in [2.45, 2.75) is 28.2 Å². The van der Waals surface area contributed by atoms with Crippen LogP contribution >= 0.6 is 11.8 Å². The molecule has 1 N–H and O–H groups in total. The van der Waals surface area contributed by atoms with E-state index in [9.17, 15) is 13.5 Å². The molecule has 2 rings (SSSR count). The molecule has 88 valence electrons. The topological polar surface area (TPSA) is 54.4 Å². The minimum Gasteiger partial charge on any atom is -0.385 e. The van der Waals surface area contributed by atoms with Crippen molar-refractivity contribution in [2.24, 2.45) is 0 Å². The van der Waals surface area contributed by atoms with Crippen LogP contribution in [0.3, 0.4) is 0 Å². The predicted octanol–water partition coefficient (Wildman–Crippen LogP) is 1.79. The molecule has 0 unspecified atom stereocenters. The van der Waals surface area contributed by atoms with E-state index in [2.05, 4.69) is 0 Å². The van der Waals surface area contributed by atoms with Crippen LogP contribution in [0.1, 0.15) is 18.4 Å². The van der Waals surface area contributed by atoms with Gasteiger partial charge in [0.1, 0.15) is 0 Å². The summed E-state index contributed by atoms with van der Waals surface area (Å²) in [6.07, 6.45) is 4.57. The second-order valence-corrected chi connectivity index (χ2v) is 7.00. The van der Waals surface area contributed by atoms with Crippen molar-refractivity contribution in [3.05, 3.63) is 23.8 Å². The van der Waals surface area contributed by atoms with Gasteiger partial charge < -0.3 is 5.11 Å². The lowest BCUT2D eigenvalue weighted by Crippen LogP contribution is -2.06.